The number of thioether (sulfide) groups is 1. The minimum Gasteiger partial charge on any atom is -0.468 e. The van der Waals surface area contributed by atoms with Crippen molar-refractivity contribution in [3.05, 3.63) is 29.3 Å². The molecule has 0 heterocycles. The summed E-state index contributed by atoms with van der Waals surface area (Å²) in [5, 5.41) is -0.0159. The lowest BCUT2D eigenvalue weighted by molar-refractivity contribution is -0.139. The van der Waals surface area contributed by atoms with E-state index in [1.807, 2.05) is 45.9 Å². The Morgan fingerprint density at radius 2 is 1.75 bits per heavy atom. The molecule has 0 saturated carbocycles. The molecule has 24 heavy (non-hydrogen) atoms. The van der Waals surface area contributed by atoms with Gasteiger partial charge < -0.3 is 4.74 Å². The maximum absolute atomic E-state index is 12.6. The van der Waals surface area contributed by atoms with Crippen molar-refractivity contribution in [2.24, 2.45) is 5.92 Å². The predicted octanol–water partition coefficient (Wildman–Crippen LogP) is 3.12. The zero-order chi connectivity index (χ0) is 18.3. The van der Waals surface area contributed by atoms with Gasteiger partial charge in [-0.3, -0.25) is 19.3 Å². The van der Waals surface area contributed by atoms with Crippen LogP contribution in [0.25, 0.3) is 0 Å². The number of amides is 1. The summed E-state index contributed by atoms with van der Waals surface area (Å²) in [6.07, 6.45) is 0.429. The first-order valence-corrected chi connectivity index (χ1v) is 8.83. The molecule has 5 nitrogen and oxygen atoms in total. The highest BCUT2D eigenvalue weighted by Crippen LogP contribution is 2.25. The van der Waals surface area contributed by atoms with Gasteiger partial charge in [0, 0.05) is 6.42 Å². The van der Waals surface area contributed by atoms with Gasteiger partial charge in [0.2, 0.25) is 5.91 Å². The minimum absolute atomic E-state index is 0.0102. The first-order chi connectivity index (χ1) is 11.3. The molecule has 0 fully saturated rings. The summed E-state index contributed by atoms with van der Waals surface area (Å²) < 4.78 is 4.70. The largest absolute Gasteiger partial charge is 0.468 e. The van der Waals surface area contributed by atoms with Gasteiger partial charge in [-0.05, 0) is 30.9 Å². The van der Waals surface area contributed by atoms with Crippen LogP contribution in [0.15, 0.2) is 18.2 Å². The summed E-state index contributed by atoms with van der Waals surface area (Å²) in [5.41, 5.74) is 2.49. The Bertz CT molecular complexity index is 593. The fourth-order valence-electron chi connectivity index (χ4n) is 2.33. The molecule has 0 saturated heterocycles. The number of esters is 1. The number of hydrogen-bond acceptors (Lipinski definition) is 5. The first-order valence-electron chi connectivity index (χ1n) is 7.85. The van der Waals surface area contributed by atoms with E-state index in [9.17, 15) is 14.4 Å². The number of carbonyl (C=O) groups excluding carboxylic acids is 3. The van der Waals surface area contributed by atoms with E-state index in [-0.39, 0.29) is 29.2 Å². The molecule has 0 aliphatic heterocycles. The SMILES string of the molecule is COC(=O)CN(C(=O)CSC(=O)CC(C)C)c1c(C)cccc1C. The molecule has 0 N–H and O–H groups in total. The van der Waals surface area contributed by atoms with Gasteiger partial charge in [0.15, 0.2) is 5.12 Å². The Hall–Kier alpha value is -1.82. The van der Waals surface area contributed by atoms with Crippen LogP contribution in [0.2, 0.25) is 0 Å². The van der Waals surface area contributed by atoms with Gasteiger partial charge in [0.05, 0.1) is 18.6 Å². The van der Waals surface area contributed by atoms with E-state index in [0.717, 1.165) is 22.9 Å². The topological polar surface area (TPSA) is 63.7 Å². The van der Waals surface area contributed by atoms with Crippen molar-refractivity contribution in [1.29, 1.82) is 0 Å². The van der Waals surface area contributed by atoms with E-state index < -0.39 is 5.97 Å². The lowest BCUT2D eigenvalue weighted by Gasteiger charge is -2.25. The van der Waals surface area contributed by atoms with Crippen LogP contribution < -0.4 is 4.90 Å². The molecule has 0 aromatic heterocycles. The monoisotopic (exact) mass is 351 g/mol. The summed E-state index contributed by atoms with van der Waals surface area (Å²) in [4.78, 5) is 37.6. The number of methoxy groups -OCH3 is 1. The highest BCUT2D eigenvalue weighted by atomic mass is 32.2. The number of benzene rings is 1. The minimum atomic E-state index is -0.496. The van der Waals surface area contributed by atoms with Crippen molar-refractivity contribution in [2.75, 3.05) is 24.3 Å². The second-order valence-corrected chi connectivity index (χ2v) is 7.09. The number of hydrogen-bond donors (Lipinski definition) is 0. The van der Waals surface area contributed by atoms with Crippen LogP contribution in [0, 0.1) is 19.8 Å². The van der Waals surface area contributed by atoms with Crippen LogP contribution in [0.3, 0.4) is 0 Å². The van der Waals surface area contributed by atoms with Crippen molar-refractivity contribution in [1.82, 2.24) is 0 Å². The Balaban J connectivity index is 2.96. The molecule has 0 unspecified atom stereocenters. The lowest BCUT2D eigenvalue weighted by atomic mass is 10.1. The van der Waals surface area contributed by atoms with Gasteiger partial charge in [-0.1, -0.05) is 43.8 Å². The van der Waals surface area contributed by atoms with Crippen LogP contribution in [0.1, 0.15) is 31.4 Å². The highest BCUT2D eigenvalue weighted by molar-refractivity contribution is 8.14. The Morgan fingerprint density at radius 1 is 1.17 bits per heavy atom. The molecule has 0 spiro atoms. The van der Waals surface area contributed by atoms with E-state index in [1.165, 1.54) is 12.0 Å². The molecule has 0 aliphatic carbocycles. The molecule has 6 heteroatoms. The highest BCUT2D eigenvalue weighted by Gasteiger charge is 2.23. The van der Waals surface area contributed by atoms with Gasteiger partial charge >= 0.3 is 5.97 Å². The van der Waals surface area contributed by atoms with E-state index in [0.29, 0.717) is 12.1 Å². The molecular formula is C18H25NO4S. The number of rotatable bonds is 7. The van der Waals surface area contributed by atoms with Crippen LogP contribution in [-0.4, -0.2) is 36.4 Å². The third kappa shape index (κ3) is 6.00. The Kier molecular flexibility index (Phi) is 7.98. The third-order valence-corrected chi connectivity index (χ3v) is 4.34. The summed E-state index contributed by atoms with van der Waals surface area (Å²) in [6, 6.07) is 5.67. The number of nitrogens with zero attached hydrogens (tertiary/aromatic N) is 1. The summed E-state index contributed by atoms with van der Waals surface area (Å²) in [6.45, 7) is 7.52. The zero-order valence-corrected chi connectivity index (χ0v) is 15.7. The molecule has 132 valence electrons. The van der Waals surface area contributed by atoms with Gasteiger partial charge in [0.1, 0.15) is 6.54 Å². The average molecular weight is 351 g/mol. The zero-order valence-electron chi connectivity index (χ0n) is 14.9. The standard InChI is InChI=1S/C18H25NO4S/c1-12(2)9-17(22)24-11-15(20)19(10-16(21)23-5)18-13(3)7-6-8-14(18)4/h6-8,12H,9-11H2,1-5H3. The number of para-hydroxylation sites is 1. The molecule has 0 bridgehead atoms. The van der Waals surface area contributed by atoms with Gasteiger partial charge in [0.25, 0.3) is 0 Å². The fraction of sp³-hybridized carbons (Fsp3) is 0.500. The summed E-state index contributed by atoms with van der Waals surface area (Å²) in [5.74, 6) is -0.509. The molecule has 1 rings (SSSR count). The van der Waals surface area contributed by atoms with E-state index in [1.54, 1.807) is 0 Å². The predicted molar refractivity (Wildman–Crippen MR) is 97.2 cm³/mol. The number of aryl methyl sites for hydroxylation is 2. The normalized spacial score (nSPS) is 10.6. The third-order valence-electron chi connectivity index (χ3n) is 3.46. The molecule has 1 aromatic carbocycles. The number of anilines is 1. The fourth-order valence-corrected chi connectivity index (χ4v) is 3.22. The van der Waals surface area contributed by atoms with Gasteiger partial charge in [-0.2, -0.15) is 0 Å². The number of carbonyl (C=O) groups is 3. The van der Waals surface area contributed by atoms with Crippen molar-refractivity contribution in [3.8, 4) is 0 Å². The van der Waals surface area contributed by atoms with Crippen molar-refractivity contribution < 1.29 is 19.1 Å². The molecule has 0 atom stereocenters. The van der Waals surface area contributed by atoms with E-state index in [4.69, 9.17) is 4.74 Å². The van der Waals surface area contributed by atoms with Gasteiger partial charge in [-0.15, -0.1) is 0 Å². The van der Waals surface area contributed by atoms with Crippen LogP contribution >= 0.6 is 11.8 Å². The Labute approximate surface area is 147 Å². The van der Waals surface area contributed by atoms with Crippen molar-refractivity contribution in [2.45, 2.75) is 34.1 Å². The second-order valence-electron chi connectivity index (χ2n) is 6.06. The number of ether oxygens (including phenoxy) is 1. The second kappa shape index (κ2) is 9.47. The van der Waals surface area contributed by atoms with Crippen molar-refractivity contribution >= 4 is 34.4 Å². The first kappa shape index (κ1) is 20.2. The average Bonchev–Trinajstić information content (AvgIpc) is 2.50. The molecule has 0 aliphatic rings. The lowest BCUT2D eigenvalue weighted by Crippen LogP contribution is -2.38. The van der Waals surface area contributed by atoms with Crippen LogP contribution in [0.5, 0.6) is 0 Å². The summed E-state index contributed by atoms with van der Waals surface area (Å²) in [7, 11) is 1.29. The molecule has 0 radical (unpaired) electrons. The maximum Gasteiger partial charge on any atom is 0.325 e. The molecular weight excluding hydrogens is 326 g/mol. The molecule has 1 aromatic rings. The maximum atomic E-state index is 12.6. The Morgan fingerprint density at radius 3 is 2.25 bits per heavy atom. The van der Waals surface area contributed by atoms with Crippen LogP contribution in [0.4, 0.5) is 5.69 Å². The quantitative estimate of drug-likeness (QED) is 0.706. The summed E-state index contributed by atoms with van der Waals surface area (Å²) >= 11 is 1.00. The van der Waals surface area contributed by atoms with E-state index in [2.05, 4.69) is 0 Å². The smallest absolute Gasteiger partial charge is 0.325 e. The van der Waals surface area contributed by atoms with Crippen LogP contribution in [-0.2, 0) is 19.1 Å². The van der Waals surface area contributed by atoms with Crippen molar-refractivity contribution in [3.63, 3.8) is 0 Å². The molecule has 1 amide bonds. The van der Waals surface area contributed by atoms with E-state index >= 15 is 0 Å². The van der Waals surface area contributed by atoms with Gasteiger partial charge in [-0.25, -0.2) is 0 Å².